The Morgan fingerprint density at radius 2 is 1.75 bits per heavy atom. The van der Waals surface area contributed by atoms with E-state index >= 15 is 0 Å². The molecule has 0 fully saturated rings. The maximum atomic E-state index is 6.07. The normalized spacial score (nSPS) is 11.8. The van der Waals surface area contributed by atoms with Crippen LogP contribution in [0.1, 0.15) is 19.4 Å². The third-order valence-electron chi connectivity index (χ3n) is 2.90. The lowest BCUT2D eigenvalue weighted by Gasteiger charge is -2.27. The molecule has 0 aromatic heterocycles. The number of hydrogen-bond donors (Lipinski definition) is 1. The molecule has 0 aliphatic rings. The lowest BCUT2D eigenvalue weighted by molar-refractivity contribution is 0.261. The van der Waals surface area contributed by atoms with E-state index in [0.717, 1.165) is 24.6 Å². The minimum atomic E-state index is -0.204. The van der Waals surface area contributed by atoms with Crippen molar-refractivity contribution in [1.29, 1.82) is 0 Å². The molecule has 0 atom stereocenters. The topological polar surface area (TPSA) is 47.7 Å². The van der Waals surface area contributed by atoms with Gasteiger partial charge in [0.15, 0.2) is 11.5 Å². The van der Waals surface area contributed by atoms with E-state index in [9.17, 15) is 0 Å². The van der Waals surface area contributed by atoms with Gasteiger partial charge in [-0.2, -0.15) is 0 Å². The maximum Gasteiger partial charge on any atom is 0.161 e. The van der Waals surface area contributed by atoms with Gasteiger partial charge in [-0.05, 0) is 44.8 Å². The van der Waals surface area contributed by atoms with Crippen LogP contribution in [-0.4, -0.2) is 44.5 Å². The zero-order chi connectivity index (χ0) is 15.3. The maximum absolute atomic E-state index is 6.07. The summed E-state index contributed by atoms with van der Waals surface area (Å²) in [5.41, 5.74) is 7.09. The molecule has 0 aliphatic carbocycles. The molecule has 0 heterocycles. The highest BCUT2D eigenvalue weighted by molar-refractivity contribution is 7.98. The van der Waals surface area contributed by atoms with Crippen LogP contribution in [0.25, 0.3) is 0 Å². The molecular weight excluding hydrogens is 272 g/mol. The molecule has 1 rings (SSSR count). The Hall–Kier alpha value is -0.910. The average Bonchev–Trinajstić information content (AvgIpc) is 2.35. The minimum absolute atomic E-state index is 0.204. The largest absolute Gasteiger partial charge is 0.493 e. The van der Waals surface area contributed by atoms with Crippen LogP contribution in [0.4, 0.5) is 0 Å². The van der Waals surface area contributed by atoms with Gasteiger partial charge in [0.2, 0.25) is 0 Å². The number of nitrogens with two attached hydrogens (primary N) is 1. The Morgan fingerprint density at radius 1 is 1.20 bits per heavy atom. The summed E-state index contributed by atoms with van der Waals surface area (Å²) >= 11 is 1.71. The third kappa shape index (κ3) is 4.89. The summed E-state index contributed by atoms with van der Waals surface area (Å²) < 4.78 is 10.7. The number of likely N-dealkylation sites (N-methyl/N-ethyl adjacent to an activating group) is 1. The van der Waals surface area contributed by atoms with Crippen molar-refractivity contribution in [3.63, 3.8) is 0 Å². The molecule has 0 unspecified atom stereocenters. The third-order valence-corrected chi connectivity index (χ3v) is 3.72. The molecule has 1 aromatic rings. The van der Waals surface area contributed by atoms with Gasteiger partial charge in [0, 0.05) is 23.5 Å². The molecule has 5 heteroatoms. The van der Waals surface area contributed by atoms with Crippen LogP contribution >= 0.6 is 11.8 Å². The Morgan fingerprint density at radius 3 is 2.20 bits per heavy atom. The standard InChI is InChI=1S/C15H26N2O2S/c1-15(2,16)10-17(3)9-11-7-12(18-4)13(19-5)8-14(11)20-6/h7-8H,9-10,16H2,1-6H3. The van der Waals surface area contributed by atoms with Crippen LogP contribution in [0.2, 0.25) is 0 Å². The van der Waals surface area contributed by atoms with E-state index in [1.807, 2.05) is 26.0 Å². The first kappa shape index (κ1) is 17.1. The number of benzene rings is 1. The highest BCUT2D eigenvalue weighted by Crippen LogP contribution is 2.35. The fourth-order valence-electron chi connectivity index (χ4n) is 2.26. The van der Waals surface area contributed by atoms with Crippen LogP contribution < -0.4 is 15.2 Å². The molecule has 2 N–H and O–H groups in total. The number of rotatable bonds is 7. The van der Waals surface area contributed by atoms with Crippen molar-refractivity contribution in [3.05, 3.63) is 17.7 Å². The van der Waals surface area contributed by atoms with Crippen molar-refractivity contribution in [1.82, 2.24) is 4.90 Å². The van der Waals surface area contributed by atoms with Crippen molar-refractivity contribution in [2.45, 2.75) is 30.8 Å². The summed E-state index contributed by atoms with van der Waals surface area (Å²) in [7, 11) is 5.40. The number of hydrogen-bond acceptors (Lipinski definition) is 5. The van der Waals surface area contributed by atoms with Crippen molar-refractivity contribution in [2.75, 3.05) is 34.1 Å². The highest BCUT2D eigenvalue weighted by Gasteiger charge is 2.17. The Labute approximate surface area is 126 Å². The van der Waals surface area contributed by atoms with Crippen molar-refractivity contribution in [2.24, 2.45) is 5.73 Å². The molecule has 0 bridgehead atoms. The number of thioether (sulfide) groups is 1. The summed E-state index contributed by atoms with van der Waals surface area (Å²) in [6.45, 7) is 5.73. The number of methoxy groups -OCH3 is 2. The highest BCUT2D eigenvalue weighted by atomic mass is 32.2. The van der Waals surface area contributed by atoms with E-state index in [0.29, 0.717) is 0 Å². The number of ether oxygens (including phenoxy) is 2. The van der Waals surface area contributed by atoms with E-state index in [-0.39, 0.29) is 5.54 Å². The summed E-state index contributed by atoms with van der Waals surface area (Å²) in [5, 5.41) is 0. The van der Waals surface area contributed by atoms with Crippen molar-refractivity contribution < 1.29 is 9.47 Å². The minimum Gasteiger partial charge on any atom is -0.493 e. The average molecular weight is 298 g/mol. The fourth-order valence-corrected chi connectivity index (χ4v) is 2.87. The zero-order valence-corrected chi connectivity index (χ0v) is 14.1. The smallest absolute Gasteiger partial charge is 0.161 e. The van der Waals surface area contributed by atoms with E-state index in [1.165, 1.54) is 10.5 Å². The summed E-state index contributed by atoms with van der Waals surface area (Å²) in [6, 6.07) is 4.07. The lowest BCUT2D eigenvalue weighted by Crippen LogP contribution is -2.43. The van der Waals surface area contributed by atoms with E-state index in [4.69, 9.17) is 15.2 Å². The first-order valence-electron chi connectivity index (χ1n) is 6.57. The zero-order valence-electron chi connectivity index (χ0n) is 13.3. The first-order valence-corrected chi connectivity index (χ1v) is 7.79. The molecule has 0 saturated heterocycles. The second kappa shape index (κ2) is 7.20. The molecule has 1 aromatic carbocycles. The molecule has 0 radical (unpaired) electrons. The Bertz CT molecular complexity index is 444. The van der Waals surface area contributed by atoms with Crippen LogP contribution in [0.5, 0.6) is 11.5 Å². The second-order valence-electron chi connectivity index (χ2n) is 5.68. The number of nitrogens with zero attached hydrogens (tertiary/aromatic N) is 1. The van der Waals surface area contributed by atoms with E-state index in [1.54, 1.807) is 26.0 Å². The Balaban J connectivity index is 2.98. The van der Waals surface area contributed by atoms with Gasteiger partial charge in [0.25, 0.3) is 0 Å². The summed E-state index contributed by atoms with van der Waals surface area (Å²) in [4.78, 5) is 3.42. The monoisotopic (exact) mass is 298 g/mol. The van der Waals surface area contributed by atoms with Crippen molar-refractivity contribution in [3.8, 4) is 11.5 Å². The summed E-state index contributed by atoms with van der Waals surface area (Å²) in [6.07, 6.45) is 2.07. The van der Waals surface area contributed by atoms with Gasteiger partial charge < -0.3 is 20.1 Å². The van der Waals surface area contributed by atoms with Gasteiger partial charge in [-0.25, -0.2) is 0 Å². The van der Waals surface area contributed by atoms with Crippen LogP contribution in [0.3, 0.4) is 0 Å². The molecule has 0 aliphatic heterocycles. The van der Waals surface area contributed by atoms with Gasteiger partial charge in [-0.15, -0.1) is 11.8 Å². The fraction of sp³-hybridized carbons (Fsp3) is 0.600. The van der Waals surface area contributed by atoms with Crippen LogP contribution in [0, 0.1) is 0 Å². The van der Waals surface area contributed by atoms with Gasteiger partial charge in [-0.3, -0.25) is 0 Å². The Kier molecular flexibility index (Phi) is 6.17. The molecular formula is C15H26N2O2S. The van der Waals surface area contributed by atoms with Gasteiger partial charge in [-0.1, -0.05) is 0 Å². The predicted molar refractivity (Wildman–Crippen MR) is 85.9 cm³/mol. The quantitative estimate of drug-likeness (QED) is 0.784. The van der Waals surface area contributed by atoms with Gasteiger partial charge >= 0.3 is 0 Å². The SMILES string of the molecule is COc1cc(CN(C)CC(C)(C)N)c(SC)cc1OC. The van der Waals surface area contributed by atoms with Gasteiger partial charge in [0.1, 0.15) is 0 Å². The molecule has 4 nitrogen and oxygen atoms in total. The predicted octanol–water partition coefficient (Wildman–Crippen LogP) is 2.59. The first-order chi connectivity index (χ1) is 9.30. The van der Waals surface area contributed by atoms with Crippen LogP contribution in [-0.2, 0) is 6.54 Å². The van der Waals surface area contributed by atoms with Gasteiger partial charge in [0.05, 0.1) is 14.2 Å². The molecule has 114 valence electrons. The molecule has 0 spiro atoms. The van der Waals surface area contributed by atoms with E-state index in [2.05, 4.69) is 18.2 Å². The molecule has 20 heavy (non-hydrogen) atoms. The van der Waals surface area contributed by atoms with Crippen molar-refractivity contribution >= 4 is 11.8 Å². The molecule has 0 amide bonds. The van der Waals surface area contributed by atoms with Crippen LogP contribution in [0.15, 0.2) is 17.0 Å². The summed E-state index contributed by atoms with van der Waals surface area (Å²) in [5.74, 6) is 1.53. The lowest BCUT2D eigenvalue weighted by atomic mass is 10.1. The van der Waals surface area contributed by atoms with E-state index < -0.39 is 0 Å². The second-order valence-corrected chi connectivity index (χ2v) is 6.53. The molecule has 0 saturated carbocycles.